The van der Waals surface area contributed by atoms with Crippen molar-refractivity contribution in [3.63, 3.8) is 0 Å². The highest BCUT2D eigenvalue weighted by molar-refractivity contribution is 5.76. The first-order valence-electron chi connectivity index (χ1n) is 30.3. The maximum atomic E-state index is 12.4. The summed E-state index contributed by atoms with van der Waals surface area (Å²) in [6.07, 6.45) is 71.8. The van der Waals surface area contributed by atoms with Crippen LogP contribution in [-0.2, 0) is 14.3 Å². The molecule has 0 radical (unpaired) electrons. The molecule has 3 N–H and O–H groups in total. The van der Waals surface area contributed by atoms with Crippen molar-refractivity contribution in [1.82, 2.24) is 5.32 Å². The van der Waals surface area contributed by atoms with E-state index < -0.39 is 12.1 Å². The highest BCUT2D eigenvalue weighted by Crippen LogP contribution is 2.16. The van der Waals surface area contributed by atoms with Crippen molar-refractivity contribution in [2.45, 2.75) is 334 Å². The highest BCUT2D eigenvalue weighted by Gasteiger charge is 2.18. The molecule has 0 aliphatic carbocycles. The van der Waals surface area contributed by atoms with Crippen LogP contribution in [0.25, 0.3) is 0 Å². The maximum Gasteiger partial charge on any atom is 0.305 e. The van der Waals surface area contributed by atoms with Crippen molar-refractivity contribution < 1.29 is 24.5 Å². The standard InChI is InChI=1S/C62H117NO5/c1-3-5-7-9-11-13-15-31-35-38-42-46-50-54-60(65)59(58-64)63-61(66)55-51-47-43-39-36-32-29-27-25-23-21-19-17-16-18-20-22-24-26-28-30-33-37-41-45-49-53-57-68-62(67)56-52-48-44-40-34-14-12-10-8-6-4-2/h16-17,20,22,50,54,59-60,64-65H,3-15,18-19,21,23-49,51-53,55-58H2,1-2H3,(H,63,66)/b17-16-,22-20-,54-50+. The summed E-state index contributed by atoms with van der Waals surface area (Å²) >= 11 is 0. The fourth-order valence-electron chi connectivity index (χ4n) is 9.25. The van der Waals surface area contributed by atoms with Gasteiger partial charge in [-0.1, -0.05) is 281 Å². The van der Waals surface area contributed by atoms with Crippen LogP contribution in [-0.4, -0.2) is 47.4 Å². The van der Waals surface area contributed by atoms with Crippen LogP contribution in [0.4, 0.5) is 0 Å². The van der Waals surface area contributed by atoms with Crippen molar-refractivity contribution in [1.29, 1.82) is 0 Å². The van der Waals surface area contributed by atoms with Crippen molar-refractivity contribution in [3.8, 4) is 0 Å². The molecule has 0 aromatic carbocycles. The van der Waals surface area contributed by atoms with Gasteiger partial charge in [-0.05, 0) is 64.2 Å². The number of hydrogen-bond acceptors (Lipinski definition) is 5. The maximum absolute atomic E-state index is 12.4. The first kappa shape index (κ1) is 66.1. The van der Waals surface area contributed by atoms with Gasteiger partial charge >= 0.3 is 5.97 Å². The molecule has 0 aromatic heterocycles. The number of ether oxygens (including phenoxy) is 1. The third-order valence-electron chi connectivity index (χ3n) is 13.9. The second kappa shape index (κ2) is 57.7. The van der Waals surface area contributed by atoms with Gasteiger partial charge in [0.1, 0.15) is 0 Å². The molecule has 2 atom stereocenters. The Bertz CT molecular complexity index is 1100. The lowest BCUT2D eigenvalue weighted by Gasteiger charge is -2.20. The number of aliphatic hydroxyl groups excluding tert-OH is 2. The predicted molar refractivity (Wildman–Crippen MR) is 296 cm³/mol. The second-order valence-electron chi connectivity index (χ2n) is 20.7. The monoisotopic (exact) mass is 956 g/mol. The molecule has 0 heterocycles. The van der Waals surface area contributed by atoms with E-state index in [0.717, 1.165) is 44.9 Å². The van der Waals surface area contributed by atoms with Crippen molar-refractivity contribution >= 4 is 11.9 Å². The minimum Gasteiger partial charge on any atom is -0.466 e. The summed E-state index contributed by atoms with van der Waals surface area (Å²) in [5.41, 5.74) is 0. The molecule has 1 amide bonds. The van der Waals surface area contributed by atoms with Crippen LogP contribution in [0.2, 0.25) is 0 Å². The summed E-state index contributed by atoms with van der Waals surface area (Å²) in [5.74, 6) is -0.0613. The predicted octanol–water partition coefficient (Wildman–Crippen LogP) is 18.8. The minimum absolute atomic E-state index is 0.00972. The molecule has 6 nitrogen and oxygen atoms in total. The normalized spacial score (nSPS) is 12.8. The molecule has 0 saturated carbocycles. The van der Waals surface area contributed by atoms with Crippen LogP contribution >= 0.6 is 0 Å². The van der Waals surface area contributed by atoms with Crippen molar-refractivity contribution in [3.05, 3.63) is 36.5 Å². The molecule has 400 valence electrons. The van der Waals surface area contributed by atoms with Gasteiger partial charge in [-0.25, -0.2) is 0 Å². The van der Waals surface area contributed by atoms with Gasteiger partial charge in [0.15, 0.2) is 0 Å². The number of rotatable bonds is 56. The van der Waals surface area contributed by atoms with Crippen LogP contribution in [0.5, 0.6) is 0 Å². The number of carbonyl (C=O) groups is 2. The Kier molecular flexibility index (Phi) is 56.0. The third kappa shape index (κ3) is 53.4. The molecule has 6 heteroatoms. The zero-order valence-corrected chi connectivity index (χ0v) is 45.6. The van der Waals surface area contributed by atoms with Crippen LogP contribution in [0.15, 0.2) is 36.5 Å². The minimum atomic E-state index is -0.846. The van der Waals surface area contributed by atoms with Gasteiger partial charge in [0.2, 0.25) is 5.91 Å². The number of amides is 1. The van der Waals surface area contributed by atoms with Gasteiger partial charge in [-0.15, -0.1) is 0 Å². The molecular weight excluding hydrogens is 839 g/mol. The van der Waals surface area contributed by atoms with E-state index in [0.29, 0.717) is 19.4 Å². The lowest BCUT2D eigenvalue weighted by Crippen LogP contribution is -2.45. The summed E-state index contributed by atoms with van der Waals surface area (Å²) < 4.78 is 5.46. The number of unbranched alkanes of at least 4 members (excludes halogenated alkanes) is 41. The number of allylic oxidation sites excluding steroid dienone is 5. The Labute approximate surface area is 424 Å². The fourth-order valence-corrected chi connectivity index (χ4v) is 9.25. The molecule has 0 aliphatic rings. The average molecular weight is 957 g/mol. The van der Waals surface area contributed by atoms with Gasteiger partial charge in [0, 0.05) is 12.8 Å². The Hall–Kier alpha value is -1.92. The molecule has 68 heavy (non-hydrogen) atoms. The fraction of sp³-hybridized carbons (Fsp3) is 0.871. The van der Waals surface area contributed by atoms with Crippen molar-refractivity contribution in [2.75, 3.05) is 13.2 Å². The van der Waals surface area contributed by atoms with Gasteiger partial charge < -0.3 is 20.3 Å². The number of nitrogens with one attached hydrogen (secondary N) is 1. The Morgan fingerprint density at radius 2 is 0.735 bits per heavy atom. The van der Waals surface area contributed by atoms with Gasteiger partial charge in [-0.2, -0.15) is 0 Å². The molecule has 0 spiro atoms. The zero-order valence-electron chi connectivity index (χ0n) is 45.6. The summed E-state index contributed by atoms with van der Waals surface area (Å²) in [4.78, 5) is 24.4. The van der Waals surface area contributed by atoms with E-state index in [2.05, 4.69) is 43.5 Å². The van der Waals surface area contributed by atoms with Crippen LogP contribution in [0.1, 0.15) is 322 Å². The number of carbonyl (C=O) groups excluding carboxylic acids is 2. The lowest BCUT2D eigenvalue weighted by atomic mass is 10.0. The number of hydrogen-bond donors (Lipinski definition) is 3. The molecule has 0 bridgehead atoms. The highest BCUT2D eigenvalue weighted by atomic mass is 16.5. The van der Waals surface area contributed by atoms with E-state index in [1.54, 1.807) is 6.08 Å². The quantitative estimate of drug-likeness (QED) is 0.0321. The molecule has 0 rings (SSSR count). The Morgan fingerprint density at radius 1 is 0.412 bits per heavy atom. The zero-order chi connectivity index (χ0) is 49.3. The summed E-state index contributed by atoms with van der Waals surface area (Å²) in [6.45, 7) is 4.90. The molecule has 0 aromatic rings. The Balaban J connectivity index is 3.44. The van der Waals surface area contributed by atoms with Crippen LogP contribution in [0, 0.1) is 0 Å². The van der Waals surface area contributed by atoms with Crippen molar-refractivity contribution in [2.24, 2.45) is 0 Å². The van der Waals surface area contributed by atoms with E-state index in [4.69, 9.17) is 4.74 Å². The van der Waals surface area contributed by atoms with Crippen LogP contribution < -0.4 is 5.32 Å². The second-order valence-corrected chi connectivity index (χ2v) is 20.7. The SMILES string of the molecule is CCCCCCCCCCCCC/C=C/C(O)C(CO)NC(=O)CCCCCCCCCCCCC/C=C\C/C=C\CCCCCCCCCCCOC(=O)CCCCCCCCCCCCC. The summed E-state index contributed by atoms with van der Waals surface area (Å²) in [7, 11) is 0. The molecular formula is C62H117NO5. The Morgan fingerprint density at radius 3 is 1.12 bits per heavy atom. The van der Waals surface area contributed by atoms with E-state index in [1.807, 2.05) is 6.08 Å². The average Bonchev–Trinajstić information content (AvgIpc) is 3.34. The third-order valence-corrected chi connectivity index (χ3v) is 13.9. The largest absolute Gasteiger partial charge is 0.466 e. The van der Waals surface area contributed by atoms with E-state index in [9.17, 15) is 19.8 Å². The van der Waals surface area contributed by atoms with E-state index in [-0.39, 0.29) is 18.5 Å². The van der Waals surface area contributed by atoms with Gasteiger partial charge in [0.05, 0.1) is 25.4 Å². The summed E-state index contributed by atoms with van der Waals surface area (Å²) in [5, 5.41) is 23.1. The van der Waals surface area contributed by atoms with Gasteiger partial charge in [0.25, 0.3) is 0 Å². The number of esters is 1. The molecule has 0 saturated heterocycles. The topological polar surface area (TPSA) is 95.9 Å². The smallest absolute Gasteiger partial charge is 0.305 e. The lowest BCUT2D eigenvalue weighted by molar-refractivity contribution is -0.143. The molecule has 2 unspecified atom stereocenters. The van der Waals surface area contributed by atoms with E-state index >= 15 is 0 Å². The van der Waals surface area contributed by atoms with E-state index in [1.165, 1.54) is 250 Å². The van der Waals surface area contributed by atoms with Crippen LogP contribution in [0.3, 0.4) is 0 Å². The molecule has 0 aliphatic heterocycles. The van der Waals surface area contributed by atoms with Gasteiger partial charge in [-0.3, -0.25) is 9.59 Å². The molecule has 0 fully saturated rings. The number of aliphatic hydroxyl groups is 2. The first-order valence-corrected chi connectivity index (χ1v) is 30.3. The summed E-state index contributed by atoms with van der Waals surface area (Å²) in [6, 6.07) is -0.629. The first-order chi connectivity index (χ1) is 33.5.